The van der Waals surface area contributed by atoms with Gasteiger partial charge in [-0.1, -0.05) is 12.1 Å². The Morgan fingerprint density at radius 3 is 2.48 bits per heavy atom. The molecular weight excluding hydrogens is 336 g/mol. The summed E-state index contributed by atoms with van der Waals surface area (Å²) in [6.07, 6.45) is 5.58. The number of nitrogens with one attached hydrogen (secondary N) is 2. The average Bonchev–Trinajstić information content (AvgIpc) is 2.67. The largest absolute Gasteiger partial charge is 0.398 e. The van der Waals surface area contributed by atoms with Gasteiger partial charge in [0.1, 0.15) is 0 Å². The summed E-state index contributed by atoms with van der Waals surface area (Å²) in [6.45, 7) is 1.50. The van der Waals surface area contributed by atoms with Crippen molar-refractivity contribution in [1.82, 2.24) is 4.98 Å². The molecule has 4 N–H and O–H groups in total. The van der Waals surface area contributed by atoms with E-state index in [4.69, 9.17) is 16.1 Å². The molecule has 1 aliphatic rings. The Bertz CT molecular complexity index is 1050. The number of aromatic nitrogens is 1. The fraction of sp³-hybridized carbons (Fsp3) is 0.227. The van der Waals surface area contributed by atoms with E-state index in [0.29, 0.717) is 5.69 Å². The van der Waals surface area contributed by atoms with E-state index in [2.05, 4.69) is 5.32 Å². The summed E-state index contributed by atoms with van der Waals surface area (Å²) < 4.78 is 0. The lowest BCUT2D eigenvalue weighted by molar-refractivity contribution is -0.114. The van der Waals surface area contributed by atoms with Gasteiger partial charge in [-0.15, -0.1) is 0 Å². The summed E-state index contributed by atoms with van der Waals surface area (Å²) in [5, 5.41) is 11.6. The predicted molar refractivity (Wildman–Crippen MR) is 110 cm³/mol. The van der Waals surface area contributed by atoms with Gasteiger partial charge in [-0.2, -0.15) is 0 Å². The van der Waals surface area contributed by atoms with Gasteiger partial charge >= 0.3 is 0 Å². The number of carbonyl (C=O) groups is 1. The zero-order valence-corrected chi connectivity index (χ0v) is 15.3. The number of carbonyl (C=O) groups excluding carboxylic acids is 1. The topological polar surface area (TPSA) is 91.9 Å². The van der Waals surface area contributed by atoms with Gasteiger partial charge in [0.2, 0.25) is 5.91 Å². The highest BCUT2D eigenvalue weighted by Crippen LogP contribution is 2.37. The zero-order valence-electron chi connectivity index (χ0n) is 15.3. The number of nitrogens with two attached hydrogens (primary N) is 1. The van der Waals surface area contributed by atoms with Crippen molar-refractivity contribution in [3.8, 4) is 11.3 Å². The van der Waals surface area contributed by atoms with Crippen LogP contribution >= 0.6 is 0 Å². The highest BCUT2D eigenvalue weighted by molar-refractivity contribution is 6.05. The second-order valence-electron chi connectivity index (χ2n) is 6.99. The molecule has 0 saturated carbocycles. The van der Waals surface area contributed by atoms with Crippen molar-refractivity contribution < 1.29 is 4.79 Å². The molecule has 136 valence electrons. The molecular formula is C22H22N4O. The number of benzene rings is 2. The van der Waals surface area contributed by atoms with Crippen LogP contribution in [0.4, 0.5) is 11.4 Å². The first-order chi connectivity index (χ1) is 13.1. The maximum atomic E-state index is 11.2. The van der Waals surface area contributed by atoms with Crippen LogP contribution in [0.15, 0.2) is 36.4 Å². The number of aryl methyl sites for hydroxylation is 1. The molecule has 2 aromatic carbocycles. The van der Waals surface area contributed by atoms with Gasteiger partial charge in [0.25, 0.3) is 0 Å². The van der Waals surface area contributed by atoms with Gasteiger partial charge in [-0.05, 0) is 61.1 Å². The number of rotatable bonds is 3. The summed E-state index contributed by atoms with van der Waals surface area (Å²) in [5.74, 6) is -0.0827. The third-order valence-corrected chi connectivity index (χ3v) is 5.17. The Hall–Kier alpha value is -3.21. The van der Waals surface area contributed by atoms with E-state index in [1.165, 1.54) is 24.3 Å². The van der Waals surface area contributed by atoms with Crippen LogP contribution in [-0.4, -0.2) is 17.1 Å². The van der Waals surface area contributed by atoms with Crippen molar-refractivity contribution >= 4 is 34.4 Å². The summed E-state index contributed by atoms with van der Waals surface area (Å²) >= 11 is 0. The monoisotopic (exact) mass is 358 g/mol. The quantitative estimate of drug-likeness (QED) is 0.481. The first kappa shape index (κ1) is 17.2. The number of amides is 1. The van der Waals surface area contributed by atoms with Crippen LogP contribution in [0.5, 0.6) is 0 Å². The zero-order chi connectivity index (χ0) is 19.0. The number of hydrogen-bond donors (Lipinski definition) is 3. The van der Waals surface area contributed by atoms with Gasteiger partial charge in [-0.25, -0.2) is 4.98 Å². The number of pyridine rings is 1. The molecule has 5 nitrogen and oxygen atoms in total. The Morgan fingerprint density at radius 1 is 1.11 bits per heavy atom. The van der Waals surface area contributed by atoms with Gasteiger partial charge in [0.05, 0.1) is 11.2 Å². The van der Waals surface area contributed by atoms with Crippen molar-refractivity contribution in [3.63, 3.8) is 0 Å². The van der Waals surface area contributed by atoms with E-state index in [0.717, 1.165) is 59.1 Å². The van der Waals surface area contributed by atoms with Gasteiger partial charge < -0.3 is 16.5 Å². The van der Waals surface area contributed by atoms with Crippen LogP contribution < -0.4 is 11.1 Å². The van der Waals surface area contributed by atoms with Crippen molar-refractivity contribution in [2.45, 2.75) is 32.6 Å². The second-order valence-corrected chi connectivity index (χ2v) is 6.99. The molecule has 0 bridgehead atoms. The molecule has 27 heavy (non-hydrogen) atoms. The molecule has 1 aromatic heterocycles. The molecule has 0 spiro atoms. The number of fused-ring (bicyclic) bond motifs is 3. The van der Waals surface area contributed by atoms with Gasteiger partial charge in [-0.3, -0.25) is 4.79 Å². The molecule has 0 atom stereocenters. The maximum absolute atomic E-state index is 11.2. The first-order valence-electron chi connectivity index (χ1n) is 9.21. The predicted octanol–water partition coefficient (Wildman–Crippen LogP) is 4.32. The van der Waals surface area contributed by atoms with Crippen molar-refractivity contribution in [2.75, 3.05) is 11.1 Å². The molecule has 4 rings (SSSR count). The Labute approximate surface area is 158 Å². The van der Waals surface area contributed by atoms with E-state index in [9.17, 15) is 4.79 Å². The van der Waals surface area contributed by atoms with E-state index >= 15 is 0 Å². The first-order valence-corrected chi connectivity index (χ1v) is 9.21. The Kier molecular flexibility index (Phi) is 4.36. The van der Waals surface area contributed by atoms with Crippen LogP contribution in [0.2, 0.25) is 0 Å². The average molecular weight is 358 g/mol. The highest BCUT2D eigenvalue weighted by atomic mass is 16.1. The molecule has 0 fully saturated rings. The van der Waals surface area contributed by atoms with E-state index < -0.39 is 0 Å². The fourth-order valence-corrected chi connectivity index (χ4v) is 3.97. The molecule has 1 aliphatic carbocycles. The summed E-state index contributed by atoms with van der Waals surface area (Å²) in [4.78, 5) is 16.2. The number of anilines is 2. The highest BCUT2D eigenvalue weighted by Gasteiger charge is 2.21. The fourth-order valence-electron chi connectivity index (χ4n) is 3.97. The molecule has 0 saturated heterocycles. The number of nitrogen functional groups attached to an aromatic ring is 1. The standard InChI is InChI=1S/C22H22N4O/c1-13(27)25-15-8-6-14(7-9-15)22-17-5-3-2-4-16(17)21-18(12-23)19(24)10-11-20(21)26-22/h6-12,23H,2-5,24H2,1H3,(H,25,27). The van der Waals surface area contributed by atoms with Gasteiger partial charge in [0.15, 0.2) is 0 Å². The van der Waals surface area contributed by atoms with Crippen molar-refractivity contribution in [3.05, 3.63) is 53.1 Å². The lowest BCUT2D eigenvalue weighted by Crippen LogP contribution is -2.10. The number of nitrogens with zero attached hydrogens (tertiary/aromatic N) is 1. The third kappa shape index (κ3) is 3.05. The molecule has 1 amide bonds. The molecule has 0 aliphatic heterocycles. The lowest BCUT2D eigenvalue weighted by atomic mass is 9.85. The minimum atomic E-state index is -0.0827. The van der Waals surface area contributed by atoms with Crippen LogP contribution in [0.25, 0.3) is 22.2 Å². The van der Waals surface area contributed by atoms with E-state index in [1.807, 2.05) is 36.4 Å². The van der Waals surface area contributed by atoms with E-state index in [-0.39, 0.29) is 5.91 Å². The second kappa shape index (κ2) is 6.83. The minimum Gasteiger partial charge on any atom is -0.398 e. The van der Waals surface area contributed by atoms with Crippen molar-refractivity contribution in [1.29, 1.82) is 5.41 Å². The minimum absolute atomic E-state index is 0.0827. The van der Waals surface area contributed by atoms with Crippen LogP contribution in [-0.2, 0) is 17.6 Å². The third-order valence-electron chi connectivity index (χ3n) is 5.17. The SMILES string of the molecule is CC(=O)Nc1ccc(-c2nc3ccc(N)c(C=N)c3c3c2CCCC3)cc1. The normalized spacial score (nSPS) is 13.2. The molecule has 0 unspecified atom stereocenters. The summed E-state index contributed by atoms with van der Waals surface area (Å²) in [6, 6.07) is 11.6. The maximum Gasteiger partial charge on any atom is 0.221 e. The van der Waals surface area contributed by atoms with Crippen LogP contribution in [0.3, 0.4) is 0 Å². The van der Waals surface area contributed by atoms with Crippen LogP contribution in [0, 0.1) is 5.41 Å². The Balaban J connectivity index is 1.93. The molecule has 5 heteroatoms. The Morgan fingerprint density at radius 2 is 1.81 bits per heavy atom. The van der Waals surface area contributed by atoms with Gasteiger partial charge in [0, 0.05) is 41.0 Å². The van der Waals surface area contributed by atoms with Crippen molar-refractivity contribution in [2.24, 2.45) is 0 Å². The number of hydrogen-bond acceptors (Lipinski definition) is 4. The smallest absolute Gasteiger partial charge is 0.221 e. The molecule has 0 radical (unpaired) electrons. The van der Waals surface area contributed by atoms with Crippen LogP contribution in [0.1, 0.15) is 36.5 Å². The summed E-state index contributed by atoms with van der Waals surface area (Å²) in [7, 11) is 0. The van der Waals surface area contributed by atoms with E-state index in [1.54, 1.807) is 0 Å². The lowest BCUT2D eigenvalue weighted by Gasteiger charge is -2.23. The molecule has 1 heterocycles. The summed E-state index contributed by atoms with van der Waals surface area (Å²) in [5.41, 5.74) is 13.7. The molecule has 3 aromatic rings.